The second kappa shape index (κ2) is 8.53. The molecule has 0 aromatic heterocycles. The van der Waals surface area contributed by atoms with Crippen LogP contribution in [0.1, 0.15) is 16.7 Å². The van der Waals surface area contributed by atoms with Gasteiger partial charge in [0.1, 0.15) is 5.82 Å². The number of halogens is 1. The second-order valence-corrected chi connectivity index (χ2v) is 5.31. The van der Waals surface area contributed by atoms with Crippen molar-refractivity contribution in [3.63, 3.8) is 0 Å². The number of hydrogen-bond acceptors (Lipinski definition) is 3. The molecular weight excluding hydrogens is 305 g/mol. The zero-order chi connectivity index (χ0) is 17.4. The fraction of sp³-hybridized carbons (Fsp3) is 0.105. The number of anilines is 1. The predicted octanol–water partition coefficient (Wildman–Crippen LogP) is 3.11. The summed E-state index contributed by atoms with van der Waals surface area (Å²) >= 11 is 0. The van der Waals surface area contributed by atoms with Crippen LogP contribution in [0.2, 0.25) is 0 Å². The Balaban J connectivity index is 1.76. The average molecular weight is 325 g/mol. The lowest BCUT2D eigenvalue weighted by molar-refractivity contribution is -0.115. The maximum Gasteiger partial charge on any atom is 0.247 e. The molecule has 5 heteroatoms. The number of hydrogen-bond donors (Lipinski definition) is 3. The Hall–Kier alpha value is -3.08. The summed E-state index contributed by atoms with van der Waals surface area (Å²) in [5.74, 6) is -0.516. The first-order valence-electron chi connectivity index (χ1n) is 7.52. The number of rotatable bonds is 6. The summed E-state index contributed by atoms with van der Waals surface area (Å²) in [6.45, 7) is 2.50. The van der Waals surface area contributed by atoms with E-state index in [1.165, 1.54) is 24.4 Å². The van der Waals surface area contributed by atoms with Crippen molar-refractivity contribution in [2.75, 3.05) is 5.73 Å². The van der Waals surface area contributed by atoms with Gasteiger partial charge in [-0.1, -0.05) is 24.3 Å². The molecule has 0 heterocycles. The molecule has 2 rings (SSSR count). The molecule has 0 atom stereocenters. The number of nitrogen functional groups attached to an aromatic ring is 1. The van der Waals surface area contributed by atoms with Crippen LogP contribution in [0.15, 0.2) is 60.9 Å². The topological polar surface area (TPSA) is 67.2 Å². The maximum absolute atomic E-state index is 12.8. The zero-order valence-electron chi connectivity index (χ0n) is 13.4. The SMILES string of the molecule is Cc1ccc(/C=C/C(=O)N/C=C/NCc2ccc(F)cc2)c(N)c1. The van der Waals surface area contributed by atoms with Crippen LogP contribution >= 0.6 is 0 Å². The van der Waals surface area contributed by atoms with E-state index < -0.39 is 0 Å². The van der Waals surface area contributed by atoms with Crippen LogP contribution in [0, 0.1) is 12.7 Å². The average Bonchev–Trinajstić information content (AvgIpc) is 2.55. The first-order chi connectivity index (χ1) is 11.5. The van der Waals surface area contributed by atoms with Crippen molar-refractivity contribution in [3.05, 3.63) is 83.4 Å². The third kappa shape index (κ3) is 5.61. The molecule has 0 saturated carbocycles. The van der Waals surface area contributed by atoms with Crippen molar-refractivity contribution in [3.8, 4) is 0 Å². The van der Waals surface area contributed by atoms with Gasteiger partial charge >= 0.3 is 0 Å². The van der Waals surface area contributed by atoms with Gasteiger partial charge in [0.25, 0.3) is 0 Å². The van der Waals surface area contributed by atoms with Gasteiger partial charge in [0.05, 0.1) is 0 Å². The van der Waals surface area contributed by atoms with E-state index in [1.807, 2.05) is 25.1 Å². The molecule has 24 heavy (non-hydrogen) atoms. The van der Waals surface area contributed by atoms with Gasteiger partial charge in [0.15, 0.2) is 0 Å². The van der Waals surface area contributed by atoms with Gasteiger partial charge in [-0.15, -0.1) is 0 Å². The third-order valence-electron chi connectivity index (χ3n) is 3.30. The van der Waals surface area contributed by atoms with Crippen LogP contribution < -0.4 is 16.4 Å². The summed E-state index contributed by atoms with van der Waals surface area (Å²) in [5, 5.41) is 5.61. The smallest absolute Gasteiger partial charge is 0.247 e. The highest BCUT2D eigenvalue weighted by atomic mass is 19.1. The Bertz CT molecular complexity index is 752. The number of nitrogens with one attached hydrogen (secondary N) is 2. The van der Waals surface area contributed by atoms with Crippen molar-refractivity contribution < 1.29 is 9.18 Å². The number of amides is 1. The van der Waals surface area contributed by atoms with E-state index in [2.05, 4.69) is 10.6 Å². The molecule has 0 unspecified atom stereocenters. The minimum atomic E-state index is -0.262. The molecule has 4 nitrogen and oxygen atoms in total. The largest absolute Gasteiger partial charge is 0.398 e. The molecule has 0 aliphatic carbocycles. The van der Waals surface area contributed by atoms with E-state index in [1.54, 1.807) is 24.4 Å². The highest BCUT2D eigenvalue weighted by Gasteiger charge is 1.97. The van der Waals surface area contributed by atoms with Crippen molar-refractivity contribution >= 4 is 17.7 Å². The molecule has 2 aromatic rings. The van der Waals surface area contributed by atoms with Crippen LogP contribution in [0.4, 0.5) is 10.1 Å². The summed E-state index contributed by atoms with van der Waals surface area (Å²) in [5.41, 5.74) is 9.34. The summed E-state index contributed by atoms with van der Waals surface area (Å²) in [7, 11) is 0. The molecule has 4 N–H and O–H groups in total. The van der Waals surface area contributed by atoms with Crippen LogP contribution in [0.25, 0.3) is 6.08 Å². The lowest BCUT2D eigenvalue weighted by Gasteiger charge is -2.02. The van der Waals surface area contributed by atoms with Crippen LogP contribution in [-0.4, -0.2) is 5.91 Å². The van der Waals surface area contributed by atoms with Gasteiger partial charge in [0, 0.05) is 30.7 Å². The molecule has 0 aliphatic rings. The van der Waals surface area contributed by atoms with Gasteiger partial charge in [-0.3, -0.25) is 4.79 Å². The van der Waals surface area contributed by atoms with Crippen molar-refractivity contribution in [1.82, 2.24) is 10.6 Å². The highest BCUT2D eigenvalue weighted by Crippen LogP contribution is 2.15. The minimum absolute atomic E-state index is 0.255. The molecule has 0 saturated heterocycles. The zero-order valence-corrected chi connectivity index (χ0v) is 13.4. The lowest BCUT2D eigenvalue weighted by atomic mass is 10.1. The Morgan fingerprint density at radius 1 is 1.17 bits per heavy atom. The van der Waals surface area contributed by atoms with Gasteiger partial charge in [-0.25, -0.2) is 4.39 Å². The van der Waals surface area contributed by atoms with Crippen molar-refractivity contribution in [2.45, 2.75) is 13.5 Å². The van der Waals surface area contributed by atoms with E-state index in [9.17, 15) is 9.18 Å². The van der Waals surface area contributed by atoms with E-state index >= 15 is 0 Å². The minimum Gasteiger partial charge on any atom is -0.398 e. The maximum atomic E-state index is 12.8. The Labute approximate surface area is 140 Å². The first kappa shape index (κ1) is 17.3. The lowest BCUT2D eigenvalue weighted by Crippen LogP contribution is -2.15. The normalized spacial score (nSPS) is 11.1. The fourth-order valence-corrected chi connectivity index (χ4v) is 2.02. The fourth-order valence-electron chi connectivity index (χ4n) is 2.02. The quantitative estimate of drug-likeness (QED) is 0.565. The summed E-state index contributed by atoms with van der Waals surface area (Å²) in [6.07, 6.45) is 6.22. The van der Waals surface area contributed by atoms with E-state index in [-0.39, 0.29) is 11.7 Å². The van der Waals surface area contributed by atoms with Gasteiger partial charge in [-0.05, 0) is 47.9 Å². The number of benzene rings is 2. The number of nitrogens with two attached hydrogens (primary N) is 1. The van der Waals surface area contributed by atoms with Crippen LogP contribution in [-0.2, 0) is 11.3 Å². The van der Waals surface area contributed by atoms with Crippen molar-refractivity contribution in [2.24, 2.45) is 0 Å². The molecule has 0 bridgehead atoms. The second-order valence-electron chi connectivity index (χ2n) is 5.31. The summed E-state index contributed by atoms with van der Waals surface area (Å²) in [6, 6.07) is 11.9. The number of carbonyl (C=O) groups excluding carboxylic acids is 1. The molecule has 0 spiro atoms. The molecule has 0 radical (unpaired) electrons. The van der Waals surface area contributed by atoms with Gasteiger partial charge < -0.3 is 16.4 Å². The molecular formula is C19H20FN3O. The summed E-state index contributed by atoms with van der Waals surface area (Å²) < 4.78 is 12.8. The van der Waals surface area contributed by atoms with E-state index in [0.717, 1.165) is 16.7 Å². The third-order valence-corrected chi connectivity index (χ3v) is 3.30. The standard InChI is InChI=1S/C19H20FN3O/c1-14-2-5-16(18(21)12-14)6-9-19(24)23-11-10-22-13-15-3-7-17(20)8-4-15/h2-12,22H,13,21H2,1H3,(H,23,24)/b9-6+,11-10+. The Morgan fingerprint density at radius 3 is 2.62 bits per heavy atom. The molecule has 0 fully saturated rings. The molecule has 2 aromatic carbocycles. The Morgan fingerprint density at radius 2 is 1.92 bits per heavy atom. The number of carbonyl (C=O) groups is 1. The molecule has 1 amide bonds. The molecule has 0 aliphatic heterocycles. The van der Waals surface area contributed by atoms with Gasteiger partial charge in [-0.2, -0.15) is 0 Å². The molecule has 124 valence electrons. The van der Waals surface area contributed by atoms with Crippen LogP contribution in [0.5, 0.6) is 0 Å². The van der Waals surface area contributed by atoms with Crippen molar-refractivity contribution in [1.29, 1.82) is 0 Å². The van der Waals surface area contributed by atoms with Gasteiger partial charge in [0.2, 0.25) is 5.91 Å². The first-order valence-corrected chi connectivity index (χ1v) is 7.52. The highest BCUT2D eigenvalue weighted by molar-refractivity contribution is 5.93. The Kier molecular flexibility index (Phi) is 6.14. The number of aryl methyl sites for hydroxylation is 1. The summed E-state index contributed by atoms with van der Waals surface area (Å²) in [4.78, 5) is 11.7. The van der Waals surface area contributed by atoms with Crippen LogP contribution in [0.3, 0.4) is 0 Å². The van der Waals surface area contributed by atoms with E-state index in [4.69, 9.17) is 5.73 Å². The monoisotopic (exact) mass is 325 g/mol. The predicted molar refractivity (Wildman–Crippen MR) is 95.1 cm³/mol. The van der Waals surface area contributed by atoms with E-state index in [0.29, 0.717) is 12.2 Å².